The monoisotopic (exact) mass is 359 g/mol. The van der Waals surface area contributed by atoms with Gasteiger partial charge in [0.2, 0.25) is 0 Å². The lowest BCUT2D eigenvalue weighted by molar-refractivity contribution is 0.669. The van der Waals surface area contributed by atoms with Crippen LogP contribution in [0.25, 0.3) is 33.2 Å². The third-order valence-electron chi connectivity index (χ3n) is 5.04. The van der Waals surface area contributed by atoms with E-state index < -0.39 is 8.07 Å². The van der Waals surface area contributed by atoms with E-state index in [4.69, 9.17) is 9.40 Å². The van der Waals surface area contributed by atoms with Crippen LogP contribution in [-0.2, 0) is 0 Å². The molecule has 4 rings (SSSR count). The van der Waals surface area contributed by atoms with Crippen molar-refractivity contribution in [1.29, 1.82) is 0 Å². The summed E-state index contributed by atoms with van der Waals surface area (Å²) in [6.45, 7) is 11.7. The van der Waals surface area contributed by atoms with Gasteiger partial charge < -0.3 is 4.42 Å². The highest BCUT2D eigenvalue weighted by atomic mass is 28.3. The maximum absolute atomic E-state index is 5.95. The van der Waals surface area contributed by atoms with E-state index >= 15 is 0 Å². The molecule has 0 radical (unpaired) electrons. The number of para-hydroxylation sites is 1. The van der Waals surface area contributed by atoms with E-state index in [0.29, 0.717) is 5.92 Å². The maximum atomic E-state index is 5.95. The van der Waals surface area contributed by atoms with E-state index in [2.05, 4.69) is 76.1 Å². The summed E-state index contributed by atoms with van der Waals surface area (Å²) in [6, 6.07) is 16.9. The zero-order valence-corrected chi connectivity index (χ0v) is 17.1. The Labute approximate surface area is 155 Å². The molecule has 2 aromatic carbocycles. The molecule has 0 aliphatic heterocycles. The average Bonchev–Trinajstić information content (AvgIpc) is 2.98. The largest absolute Gasteiger partial charge is 0.456 e. The van der Waals surface area contributed by atoms with Gasteiger partial charge in [-0.25, -0.2) is 0 Å². The van der Waals surface area contributed by atoms with Crippen molar-refractivity contribution in [2.75, 3.05) is 0 Å². The number of fused-ring (bicyclic) bond motifs is 3. The van der Waals surface area contributed by atoms with E-state index in [1.807, 2.05) is 12.1 Å². The number of furan rings is 1. The van der Waals surface area contributed by atoms with Crippen molar-refractivity contribution in [1.82, 2.24) is 4.98 Å². The van der Waals surface area contributed by atoms with Gasteiger partial charge in [-0.3, -0.25) is 4.98 Å². The second-order valence-corrected chi connectivity index (χ2v) is 13.4. The van der Waals surface area contributed by atoms with Crippen LogP contribution in [0.15, 0.2) is 59.1 Å². The molecule has 0 spiro atoms. The van der Waals surface area contributed by atoms with Crippen LogP contribution < -0.4 is 5.19 Å². The van der Waals surface area contributed by atoms with Gasteiger partial charge in [-0.15, -0.1) is 0 Å². The first-order chi connectivity index (χ1) is 12.3. The Morgan fingerprint density at radius 3 is 2.35 bits per heavy atom. The zero-order valence-electron chi connectivity index (χ0n) is 16.1. The van der Waals surface area contributed by atoms with Gasteiger partial charge in [-0.1, -0.05) is 51.7 Å². The molecule has 0 bridgehead atoms. The van der Waals surface area contributed by atoms with Crippen molar-refractivity contribution in [3.63, 3.8) is 0 Å². The Morgan fingerprint density at radius 2 is 1.62 bits per heavy atom. The molecule has 0 unspecified atom stereocenters. The molecule has 4 aromatic rings. The molecule has 0 saturated carbocycles. The number of hydrogen-bond acceptors (Lipinski definition) is 2. The van der Waals surface area contributed by atoms with Gasteiger partial charge in [-0.05, 0) is 47.0 Å². The summed E-state index contributed by atoms with van der Waals surface area (Å²) in [7, 11) is -1.41. The number of nitrogens with zero attached hydrogens (tertiary/aromatic N) is 1. The second-order valence-electron chi connectivity index (χ2n) is 8.37. The summed E-state index contributed by atoms with van der Waals surface area (Å²) in [5, 5.41) is 3.78. The summed E-state index contributed by atoms with van der Waals surface area (Å²) >= 11 is 0. The molecule has 0 fully saturated rings. The Bertz CT molecular complexity index is 1100. The normalized spacial score (nSPS) is 12.4. The van der Waals surface area contributed by atoms with Crippen LogP contribution in [0.1, 0.15) is 25.3 Å². The third kappa shape index (κ3) is 2.86. The first-order valence-electron chi connectivity index (χ1n) is 9.26. The second kappa shape index (κ2) is 6.10. The van der Waals surface area contributed by atoms with Crippen LogP contribution in [0.3, 0.4) is 0 Å². The number of rotatable bonds is 3. The van der Waals surface area contributed by atoms with Gasteiger partial charge in [-0.2, -0.15) is 0 Å². The van der Waals surface area contributed by atoms with Crippen LogP contribution in [-0.4, -0.2) is 13.1 Å². The predicted molar refractivity (Wildman–Crippen MR) is 114 cm³/mol. The van der Waals surface area contributed by atoms with E-state index in [1.54, 1.807) is 0 Å². The highest BCUT2D eigenvalue weighted by Gasteiger charge is 2.22. The standard InChI is InChI=1S/C23H25NOSi/c1-15(2)18-13-20(24-14-23(18)26(3,4)5)16-10-11-22-19(12-16)17-8-6-7-9-21(17)25-22/h6-15H,1-5H3. The summed E-state index contributed by atoms with van der Waals surface area (Å²) in [5.74, 6) is 0.497. The average molecular weight is 360 g/mol. The third-order valence-corrected chi connectivity index (χ3v) is 7.07. The summed E-state index contributed by atoms with van der Waals surface area (Å²) in [4.78, 5) is 4.83. The molecule has 2 aromatic heterocycles. The van der Waals surface area contributed by atoms with E-state index in [1.165, 1.54) is 10.8 Å². The SMILES string of the molecule is CC(C)c1cc(-c2ccc3oc4ccccc4c3c2)ncc1[Si](C)(C)C. The molecule has 0 aliphatic carbocycles. The molecule has 2 heterocycles. The predicted octanol–water partition coefficient (Wildman–Crippen LogP) is 6.32. The number of aromatic nitrogens is 1. The van der Waals surface area contributed by atoms with Crippen molar-refractivity contribution < 1.29 is 4.42 Å². The highest BCUT2D eigenvalue weighted by molar-refractivity contribution is 6.89. The van der Waals surface area contributed by atoms with Gasteiger partial charge in [0.1, 0.15) is 11.2 Å². The zero-order chi connectivity index (χ0) is 18.5. The number of hydrogen-bond donors (Lipinski definition) is 0. The van der Waals surface area contributed by atoms with Crippen molar-refractivity contribution in [2.24, 2.45) is 0 Å². The lowest BCUT2D eigenvalue weighted by Gasteiger charge is -2.23. The van der Waals surface area contributed by atoms with Crippen LogP contribution >= 0.6 is 0 Å². The van der Waals surface area contributed by atoms with E-state index in [-0.39, 0.29) is 0 Å². The van der Waals surface area contributed by atoms with Crippen molar-refractivity contribution in [2.45, 2.75) is 39.4 Å². The number of benzene rings is 2. The summed E-state index contributed by atoms with van der Waals surface area (Å²) in [6.07, 6.45) is 2.12. The molecule has 3 heteroatoms. The highest BCUT2D eigenvalue weighted by Crippen LogP contribution is 2.32. The summed E-state index contributed by atoms with van der Waals surface area (Å²) < 4.78 is 5.95. The first-order valence-corrected chi connectivity index (χ1v) is 12.8. The minimum atomic E-state index is -1.41. The Hall–Kier alpha value is -2.39. The van der Waals surface area contributed by atoms with Crippen LogP contribution in [0.2, 0.25) is 19.6 Å². The van der Waals surface area contributed by atoms with Gasteiger partial charge in [0, 0.05) is 22.5 Å². The van der Waals surface area contributed by atoms with Gasteiger partial charge >= 0.3 is 0 Å². The van der Waals surface area contributed by atoms with Gasteiger partial charge in [0.05, 0.1) is 13.8 Å². The van der Waals surface area contributed by atoms with Gasteiger partial charge in [0.15, 0.2) is 0 Å². The molecule has 132 valence electrons. The van der Waals surface area contributed by atoms with Crippen LogP contribution in [0, 0.1) is 0 Å². The van der Waals surface area contributed by atoms with E-state index in [0.717, 1.165) is 33.2 Å². The topological polar surface area (TPSA) is 26.0 Å². The quantitative estimate of drug-likeness (QED) is 0.400. The molecule has 0 amide bonds. The molecular formula is C23H25NOSi. The van der Waals surface area contributed by atoms with Crippen LogP contribution in [0.4, 0.5) is 0 Å². The molecule has 0 N–H and O–H groups in total. The smallest absolute Gasteiger partial charge is 0.135 e. The number of pyridine rings is 1. The minimum absolute atomic E-state index is 0.497. The Balaban J connectivity index is 1.89. The van der Waals surface area contributed by atoms with Gasteiger partial charge in [0.25, 0.3) is 0 Å². The van der Waals surface area contributed by atoms with Crippen molar-refractivity contribution in [3.05, 3.63) is 60.3 Å². The Morgan fingerprint density at radius 1 is 0.885 bits per heavy atom. The molecule has 0 aliphatic rings. The molecule has 0 saturated heterocycles. The lowest BCUT2D eigenvalue weighted by Crippen LogP contribution is -2.40. The first kappa shape index (κ1) is 17.0. The fourth-order valence-electron chi connectivity index (χ4n) is 3.62. The molecular weight excluding hydrogens is 334 g/mol. The molecule has 2 nitrogen and oxygen atoms in total. The van der Waals surface area contributed by atoms with Crippen LogP contribution in [0.5, 0.6) is 0 Å². The van der Waals surface area contributed by atoms with Crippen molar-refractivity contribution in [3.8, 4) is 11.3 Å². The lowest BCUT2D eigenvalue weighted by atomic mass is 10.0. The molecule has 0 atom stereocenters. The van der Waals surface area contributed by atoms with Crippen molar-refractivity contribution >= 4 is 35.2 Å². The molecule has 26 heavy (non-hydrogen) atoms. The maximum Gasteiger partial charge on any atom is 0.135 e. The fourth-order valence-corrected chi connectivity index (χ4v) is 5.30. The minimum Gasteiger partial charge on any atom is -0.456 e. The Kier molecular flexibility index (Phi) is 4.00. The van der Waals surface area contributed by atoms with E-state index in [9.17, 15) is 0 Å². The fraction of sp³-hybridized carbons (Fsp3) is 0.261. The summed E-state index contributed by atoms with van der Waals surface area (Å²) in [5.41, 5.74) is 5.49.